The first kappa shape index (κ1) is 22.9. The fourth-order valence-corrected chi connectivity index (χ4v) is 5.92. The number of thioether (sulfide) groups is 1. The maximum Gasteiger partial charge on any atom is 0.243 e. The number of piperidine rings is 1. The molecule has 1 fully saturated rings. The molecule has 3 aromatic rings. The quantitative estimate of drug-likeness (QED) is 0.527. The Labute approximate surface area is 194 Å². The van der Waals surface area contributed by atoms with E-state index in [0.29, 0.717) is 30.4 Å². The summed E-state index contributed by atoms with van der Waals surface area (Å²) < 4.78 is 29.5. The summed E-state index contributed by atoms with van der Waals surface area (Å²) in [6.45, 7) is 3.97. The number of sulfonamides is 1. The smallest absolute Gasteiger partial charge is 0.243 e. The van der Waals surface area contributed by atoms with Gasteiger partial charge >= 0.3 is 0 Å². The van der Waals surface area contributed by atoms with E-state index in [1.54, 1.807) is 34.3 Å². The summed E-state index contributed by atoms with van der Waals surface area (Å²) in [6, 6.07) is 15.1. The van der Waals surface area contributed by atoms with Crippen molar-refractivity contribution >= 4 is 38.6 Å². The minimum atomic E-state index is -3.49. The van der Waals surface area contributed by atoms with Crippen molar-refractivity contribution in [2.45, 2.75) is 42.6 Å². The molecule has 1 N–H and O–H groups in total. The normalized spacial score (nSPS) is 15.8. The van der Waals surface area contributed by atoms with Gasteiger partial charge in [0.25, 0.3) is 0 Å². The highest BCUT2D eigenvalue weighted by Gasteiger charge is 2.28. The number of carbonyl (C=O) groups excluding carboxylic acids is 1. The van der Waals surface area contributed by atoms with Crippen LogP contribution in [0.3, 0.4) is 0 Å². The largest absolute Gasteiger partial charge is 0.350 e. The minimum absolute atomic E-state index is 0.0874. The summed E-state index contributed by atoms with van der Waals surface area (Å²) in [4.78, 5) is 14.0. The van der Waals surface area contributed by atoms with E-state index in [9.17, 15) is 13.2 Å². The molecule has 1 saturated heterocycles. The molecule has 6 nitrogen and oxygen atoms in total. The van der Waals surface area contributed by atoms with Crippen LogP contribution in [0.1, 0.15) is 25.3 Å². The molecule has 0 atom stereocenters. The van der Waals surface area contributed by atoms with Gasteiger partial charge < -0.3 is 9.88 Å². The molecule has 0 radical (unpaired) electrons. The van der Waals surface area contributed by atoms with Crippen molar-refractivity contribution in [3.63, 3.8) is 0 Å². The molecule has 2 aromatic carbocycles. The van der Waals surface area contributed by atoms with Crippen molar-refractivity contribution in [2.75, 3.05) is 19.3 Å². The van der Waals surface area contributed by atoms with Gasteiger partial charge in [-0.1, -0.05) is 19.1 Å². The van der Waals surface area contributed by atoms with Gasteiger partial charge in [0, 0.05) is 41.6 Å². The highest BCUT2D eigenvalue weighted by molar-refractivity contribution is 7.98. The third kappa shape index (κ3) is 5.03. The fraction of sp³-hybridized carbons (Fsp3) is 0.375. The number of fused-ring (bicyclic) bond motifs is 1. The molecule has 1 amide bonds. The van der Waals surface area contributed by atoms with Crippen molar-refractivity contribution in [3.8, 4) is 0 Å². The number of hydrogen-bond acceptors (Lipinski definition) is 4. The molecule has 0 spiro atoms. The fourth-order valence-electron chi connectivity index (χ4n) is 4.01. The SMILES string of the molecule is CSc1ccc(CNC(=O)Cn2ccc3cc(S(=O)(=O)N4CCC(C)CC4)ccc32)cc1. The second-order valence-corrected chi connectivity index (χ2v) is 11.2. The number of nitrogens with zero attached hydrogens (tertiary/aromatic N) is 2. The summed E-state index contributed by atoms with van der Waals surface area (Å²) in [6.07, 6.45) is 5.66. The van der Waals surface area contributed by atoms with Gasteiger partial charge in [-0.05, 0) is 67.0 Å². The maximum atomic E-state index is 13.0. The van der Waals surface area contributed by atoms with E-state index in [2.05, 4.69) is 12.2 Å². The lowest BCUT2D eigenvalue weighted by atomic mass is 10.0. The Kier molecular flexibility index (Phi) is 6.93. The molecule has 1 aliphatic rings. The molecule has 32 heavy (non-hydrogen) atoms. The molecule has 1 aromatic heterocycles. The highest BCUT2D eigenvalue weighted by Crippen LogP contribution is 2.26. The van der Waals surface area contributed by atoms with Crippen LogP contribution in [0, 0.1) is 5.92 Å². The van der Waals surface area contributed by atoms with E-state index in [-0.39, 0.29) is 12.5 Å². The standard InChI is InChI=1S/C24H29N3O3S2/c1-18-9-13-27(14-10-18)32(29,30)22-7-8-23-20(15-22)11-12-26(23)17-24(28)25-16-19-3-5-21(31-2)6-4-19/h3-8,11-12,15,18H,9-10,13-14,16-17H2,1-2H3,(H,25,28). The van der Waals surface area contributed by atoms with Crippen LogP contribution < -0.4 is 5.32 Å². The second kappa shape index (κ2) is 9.68. The third-order valence-electron chi connectivity index (χ3n) is 6.09. The van der Waals surface area contributed by atoms with E-state index in [0.717, 1.165) is 29.3 Å². The summed E-state index contributed by atoms with van der Waals surface area (Å²) in [5, 5.41) is 3.77. The van der Waals surface area contributed by atoms with Crippen LogP contribution >= 0.6 is 11.8 Å². The predicted octanol–water partition coefficient (Wildman–Crippen LogP) is 4.10. The van der Waals surface area contributed by atoms with E-state index in [4.69, 9.17) is 0 Å². The number of hydrogen-bond donors (Lipinski definition) is 1. The first-order valence-corrected chi connectivity index (χ1v) is 13.5. The third-order valence-corrected chi connectivity index (χ3v) is 8.72. The van der Waals surface area contributed by atoms with Crippen LogP contribution in [0.25, 0.3) is 10.9 Å². The number of rotatable bonds is 7. The van der Waals surface area contributed by atoms with E-state index in [1.807, 2.05) is 47.4 Å². The number of carbonyl (C=O) groups is 1. The van der Waals surface area contributed by atoms with Gasteiger partial charge in [-0.25, -0.2) is 8.42 Å². The van der Waals surface area contributed by atoms with Crippen LogP contribution in [-0.4, -0.2) is 42.5 Å². The first-order valence-electron chi connectivity index (χ1n) is 10.9. The Morgan fingerprint density at radius 1 is 1.09 bits per heavy atom. The van der Waals surface area contributed by atoms with Gasteiger partial charge in [-0.3, -0.25) is 4.79 Å². The van der Waals surface area contributed by atoms with Gasteiger partial charge in [0.1, 0.15) is 6.54 Å². The Balaban J connectivity index is 1.42. The van der Waals surface area contributed by atoms with E-state index >= 15 is 0 Å². The van der Waals surface area contributed by atoms with Crippen LogP contribution in [0.5, 0.6) is 0 Å². The molecule has 4 rings (SSSR count). The Morgan fingerprint density at radius 2 is 1.81 bits per heavy atom. The van der Waals surface area contributed by atoms with Crippen LogP contribution in [0.15, 0.2) is 64.5 Å². The lowest BCUT2D eigenvalue weighted by Gasteiger charge is -2.29. The van der Waals surface area contributed by atoms with Gasteiger partial charge in [0.15, 0.2) is 0 Å². The topological polar surface area (TPSA) is 71.4 Å². The molecular weight excluding hydrogens is 442 g/mol. The van der Waals surface area contributed by atoms with Crippen molar-refractivity contribution in [2.24, 2.45) is 5.92 Å². The number of benzene rings is 2. The van der Waals surface area contributed by atoms with E-state index < -0.39 is 10.0 Å². The zero-order valence-electron chi connectivity index (χ0n) is 18.5. The second-order valence-electron chi connectivity index (χ2n) is 8.38. The highest BCUT2D eigenvalue weighted by atomic mass is 32.2. The molecule has 8 heteroatoms. The summed E-state index contributed by atoms with van der Waals surface area (Å²) in [7, 11) is -3.49. The molecule has 2 heterocycles. The van der Waals surface area contributed by atoms with Crippen molar-refractivity contribution < 1.29 is 13.2 Å². The molecule has 0 unspecified atom stereocenters. The molecule has 170 valence electrons. The monoisotopic (exact) mass is 471 g/mol. The lowest BCUT2D eigenvalue weighted by Crippen LogP contribution is -2.37. The van der Waals surface area contributed by atoms with Crippen molar-refractivity contribution in [1.29, 1.82) is 0 Å². The molecule has 0 aliphatic carbocycles. The Morgan fingerprint density at radius 3 is 2.50 bits per heavy atom. The van der Waals surface area contributed by atoms with Crippen LogP contribution in [0.4, 0.5) is 0 Å². The maximum absolute atomic E-state index is 13.0. The van der Waals surface area contributed by atoms with Crippen molar-refractivity contribution in [3.05, 3.63) is 60.3 Å². The average molecular weight is 472 g/mol. The van der Waals surface area contributed by atoms with E-state index in [1.165, 1.54) is 4.90 Å². The van der Waals surface area contributed by atoms with Gasteiger partial charge in [-0.2, -0.15) is 4.31 Å². The van der Waals surface area contributed by atoms with Crippen LogP contribution in [0.2, 0.25) is 0 Å². The zero-order chi connectivity index (χ0) is 22.7. The Bertz CT molecular complexity index is 1190. The number of nitrogens with one attached hydrogen (secondary N) is 1. The molecule has 1 aliphatic heterocycles. The summed E-state index contributed by atoms with van der Waals surface area (Å²) in [5.74, 6) is 0.481. The average Bonchev–Trinajstić information content (AvgIpc) is 3.20. The Hall–Kier alpha value is -2.29. The zero-order valence-corrected chi connectivity index (χ0v) is 20.1. The minimum Gasteiger partial charge on any atom is -0.350 e. The van der Waals surface area contributed by atoms with Crippen molar-refractivity contribution in [1.82, 2.24) is 14.2 Å². The van der Waals surface area contributed by atoms with Gasteiger partial charge in [0.2, 0.25) is 15.9 Å². The van der Waals surface area contributed by atoms with Gasteiger partial charge in [0.05, 0.1) is 4.90 Å². The van der Waals surface area contributed by atoms with Gasteiger partial charge in [-0.15, -0.1) is 11.8 Å². The molecule has 0 saturated carbocycles. The molecular formula is C24H29N3O3S2. The number of amides is 1. The summed E-state index contributed by atoms with van der Waals surface area (Å²) in [5.41, 5.74) is 1.89. The summed E-state index contributed by atoms with van der Waals surface area (Å²) >= 11 is 1.69. The predicted molar refractivity (Wildman–Crippen MR) is 129 cm³/mol. The molecule has 0 bridgehead atoms. The number of aromatic nitrogens is 1. The first-order chi connectivity index (χ1) is 15.4. The lowest BCUT2D eigenvalue weighted by molar-refractivity contribution is -0.121. The van der Waals surface area contributed by atoms with Crippen LogP contribution in [-0.2, 0) is 27.9 Å².